The third-order valence-corrected chi connectivity index (χ3v) is 7.58. The highest BCUT2D eigenvalue weighted by Gasteiger charge is 2.45. The summed E-state index contributed by atoms with van der Waals surface area (Å²) in [6.07, 6.45) is 6.09. The Morgan fingerprint density at radius 2 is 1.97 bits per heavy atom. The summed E-state index contributed by atoms with van der Waals surface area (Å²) >= 11 is 0. The van der Waals surface area contributed by atoms with Crippen molar-refractivity contribution in [2.45, 2.75) is 91.5 Å². The topological polar surface area (TPSA) is 93.1 Å². The van der Waals surface area contributed by atoms with Crippen molar-refractivity contribution in [2.24, 2.45) is 29.1 Å². The van der Waals surface area contributed by atoms with Crippen LogP contribution in [-0.2, 0) is 19.1 Å². The smallest absolute Gasteiger partial charge is 0.311 e. The number of aliphatic hydroxyl groups excluding tert-OH is 2. The maximum atomic E-state index is 12.9. The summed E-state index contributed by atoms with van der Waals surface area (Å²) in [4.78, 5) is 24.6. The quantitative estimate of drug-likeness (QED) is 0.599. The SMILES string of the molecule is CCC(C)(C)C(=O)O[C@H]1C[C@@H](C)C(O)=C2C=CC(C)[C@H](CCC3C[C@@H](O)CC(=O)O3)[C@H]21. The van der Waals surface area contributed by atoms with Gasteiger partial charge in [0, 0.05) is 18.3 Å². The Labute approximate surface area is 185 Å². The Morgan fingerprint density at radius 1 is 1.26 bits per heavy atom. The Hall–Kier alpha value is -1.82. The van der Waals surface area contributed by atoms with Crippen LogP contribution in [0.15, 0.2) is 23.5 Å². The molecular formula is C25H38O6. The zero-order chi connectivity index (χ0) is 22.9. The van der Waals surface area contributed by atoms with Crippen LogP contribution in [0.2, 0.25) is 0 Å². The predicted molar refractivity (Wildman–Crippen MR) is 117 cm³/mol. The second-order valence-corrected chi connectivity index (χ2v) is 10.3. The molecule has 3 rings (SSSR count). The molecule has 6 heteroatoms. The monoisotopic (exact) mass is 434 g/mol. The fourth-order valence-corrected chi connectivity index (χ4v) is 5.11. The van der Waals surface area contributed by atoms with Crippen molar-refractivity contribution in [3.8, 4) is 0 Å². The number of carbonyl (C=O) groups is 2. The molecule has 1 heterocycles. The summed E-state index contributed by atoms with van der Waals surface area (Å²) in [6.45, 7) is 9.90. The number of hydrogen-bond donors (Lipinski definition) is 2. The molecule has 0 bridgehead atoms. The Morgan fingerprint density at radius 3 is 2.61 bits per heavy atom. The van der Waals surface area contributed by atoms with E-state index in [-0.39, 0.29) is 54.2 Å². The lowest BCUT2D eigenvalue weighted by Gasteiger charge is -2.44. The van der Waals surface area contributed by atoms with Crippen molar-refractivity contribution >= 4 is 11.9 Å². The summed E-state index contributed by atoms with van der Waals surface area (Å²) in [6, 6.07) is 0. The molecular weight excluding hydrogens is 396 g/mol. The minimum absolute atomic E-state index is 0.0611. The lowest BCUT2D eigenvalue weighted by Crippen LogP contribution is -2.44. The first kappa shape index (κ1) is 23.8. The largest absolute Gasteiger partial charge is 0.512 e. The van der Waals surface area contributed by atoms with E-state index in [1.165, 1.54) is 0 Å². The molecule has 31 heavy (non-hydrogen) atoms. The van der Waals surface area contributed by atoms with E-state index in [0.717, 1.165) is 12.0 Å². The van der Waals surface area contributed by atoms with Gasteiger partial charge in [-0.3, -0.25) is 9.59 Å². The number of allylic oxidation sites excluding steroid dienone is 3. The highest BCUT2D eigenvalue weighted by Crippen LogP contribution is 2.47. The molecule has 1 saturated heterocycles. The van der Waals surface area contributed by atoms with Crippen LogP contribution in [0.4, 0.5) is 0 Å². The van der Waals surface area contributed by atoms with Gasteiger partial charge in [0.2, 0.25) is 0 Å². The number of esters is 2. The van der Waals surface area contributed by atoms with Crippen LogP contribution in [0.1, 0.15) is 73.1 Å². The van der Waals surface area contributed by atoms with Crippen LogP contribution in [0, 0.1) is 29.1 Å². The van der Waals surface area contributed by atoms with Crippen molar-refractivity contribution in [3.05, 3.63) is 23.5 Å². The summed E-state index contributed by atoms with van der Waals surface area (Å²) in [7, 11) is 0. The van der Waals surface area contributed by atoms with Crippen molar-refractivity contribution < 1.29 is 29.3 Å². The Kier molecular flexibility index (Phi) is 7.19. The fourth-order valence-electron chi connectivity index (χ4n) is 5.11. The van der Waals surface area contributed by atoms with E-state index < -0.39 is 11.5 Å². The van der Waals surface area contributed by atoms with Gasteiger partial charge in [-0.05, 0) is 56.9 Å². The molecule has 0 aromatic heterocycles. The van der Waals surface area contributed by atoms with Crippen molar-refractivity contribution in [3.63, 3.8) is 0 Å². The first-order valence-electron chi connectivity index (χ1n) is 11.7. The van der Waals surface area contributed by atoms with E-state index in [4.69, 9.17) is 9.47 Å². The van der Waals surface area contributed by atoms with Crippen molar-refractivity contribution in [1.82, 2.24) is 0 Å². The molecule has 3 aliphatic rings. The lowest BCUT2D eigenvalue weighted by atomic mass is 9.64. The highest BCUT2D eigenvalue weighted by atomic mass is 16.6. The molecule has 6 nitrogen and oxygen atoms in total. The Bertz CT molecular complexity index is 751. The average molecular weight is 435 g/mol. The normalized spacial score (nSPS) is 36.1. The number of rotatable bonds is 6. The molecule has 1 fully saturated rings. The molecule has 0 saturated carbocycles. The maximum Gasteiger partial charge on any atom is 0.311 e. The second-order valence-electron chi connectivity index (χ2n) is 10.3. The maximum absolute atomic E-state index is 12.9. The molecule has 2 unspecified atom stereocenters. The minimum Gasteiger partial charge on any atom is -0.512 e. The lowest BCUT2D eigenvalue weighted by molar-refractivity contribution is -0.166. The summed E-state index contributed by atoms with van der Waals surface area (Å²) < 4.78 is 11.5. The van der Waals surface area contributed by atoms with Gasteiger partial charge < -0.3 is 19.7 Å². The van der Waals surface area contributed by atoms with Gasteiger partial charge in [0.15, 0.2) is 0 Å². The van der Waals surface area contributed by atoms with Crippen LogP contribution < -0.4 is 0 Å². The molecule has 0 radical (unpaired) electrons. The van der Waals surface area contributed by atoms with E-state index in [1.54, 1.807) is 0 Å². The summed E-state index contributed by atoms with van der Waals surface area (Å²) in [5, 5.41) is 20.7. The molecule has 174 valence electrons. The summed E-state index contributed by atoms with van der Waals surface area (Å²) in [5.41, 5.74) is 0.319. The van der Waals surface area contributed by atoms with Gasteiger partial charge >= 0.3 is 11.9 Å². The molecule has 7 atom stereocenters. The van der Waals surface area contributed by atoms with Crippen LogP contribution in [0.5, 0.6) is 0 Å². The van der Waals surface area contributed by atoms with E-state index in [9.17, 15) is 19.8 Å². The van der Waals surface area contributed by atoms with Crippen molar-refractivity contribution in [2.75, 3.05) is 0 Å². The first-order chi connectivity index (χ1) is 14.5. The van der Waals surface area contributed by atoms with E-state index in [0.29, 0.717) is 31.4 Å². The standard InChI is InChI=1S/C25H38O6/c1-6-25(4,5)24(29)31-20-11-15(3)23(28)19-9-7-14(2)18(22(19)20)10-8-17-12-16(26)13-21(27)30-17/h7,9,14-18,20,22,26,28H,6,8,10-13H2,1-5H3/t14?,15-,16-,17?,18+,20+,22-/m1/s1. The molecule has 0 amide bonds. The molecule has 2 N–H and O–H groups in total. The van der Waals surface area contributed by atoms with E-state index >= 15 is 0 Å². The van der Waals surface area contributed by atoms with Gasteiger partial charge in [0.25, 0.3) is 0 Å². The predicted octanol–water partition coefficient (Wildman–Crippen LogP) is 4.47. The van der Waals surface area contributed by atoms with Gasteiger partial charge in [0.1, 0.15) is 12.2 Å². The second kappa shape index (κ2) is 9.35. The zero-order valence-corrected chi connectivity index (χ0v) is 19.5. The third-order valence-electron chi connectivity index (χ3n) is 7.58. The van der Waals surface area contributed by atoms with Crippen LogP contribution in [0.25, 0.3) is 0 Å². The van der Waals surface area contributed by atoms with E-state index in [2.05, 4.69) is 13.0 Å². The van der Waals surface area contributed by atoms with E-state index in [1.807, 2.05) is 33.8 Å². The average Bonchev–Trinajstić information content (AvgIpc) is 2.69. The van der Waals surface area contributed by atoms with Gasteiger partial charge in [-0.2, -0.15) is 0 Å². The molecule has 0 aromatic rings. The third kappa shape index (κ3) is 5.16. The fraction of sp³-hybridized carbons (Fsp3) is 0.760. The van der Waals surface area contributed by atoms with Gasteiger partial charge in [-0.15, -0.1) is 0 Å². The zero-order valence-electron chi connectivity index (χ0n) is 19.5. The number of cyclic esters (lactones) is 1. The summed E-state index contributed by atoms with van der Waals surface area (Å²) in [5.74, 6) is 0.0742. The molecule has 0 spiro atoms. The number of fused-ring (bicyclic) bond motifs is 1. The number of carbonyl (C=O) groups excluding carboxylic acids is 2. The Balaban J connectivity index is 1.82. The van der Waals surface area contributed by atoms with Crippen LogP contribution in [0.3, 0.4) is 0 Å². The van der Waals surface area contributed by atoms with Gasteiger partial charge in [0.05, 0.1) is 23.7 Å². The van der Waals surface area contributed by atoms with Crippen LogP contribution in [-0.4, -0.2) is 40.5 Å². The molecule has 0 aromatic carbocycles. The molecule has 1 aliphatic heterocycles. The van der Waals surface area contributed by atoms with Gasteiger partial charge in [-0.1, -0.05) is 32.9 Å². The highest BCUT2D eigenvalue weighted by molar-refractivity contribution is 5.76. The molecule has 2 aliphatic carbocycles. The van der Waals surface area contributed by atoms with Crippen LogP contribution >= 0.6 is 0 Å². The minimum atomic E-state index is -0.644. The number of hydrogen-bond acceptors (Lipinski definition) is 6. The number of ether oxygens (including phenoxy) is 2. The van der Waals surface area contributed by atoms with Crippen molar-refractivity contribution in [1.29, 1.82) is 0 Å². The first-order valence-corrected chi connectivity index (χ1v) is 11.7. The number of aliphatic hydroxyl groups is 2. The van der Waals surface area contributed by atoms with Gasteiger partial charge in [-0.25, -0.2) is 0 Å².